The Morgan fingerprint density at radius 3 is 2.25 bits per heavy atom. The number of halogens is 1. The van der Waals surface area contributed by atoms with E-state index in [4.69, 9.17) is 21.3 Å². The summed E-state index contributed by atoms with van der Waals surface area (Å²) in [6.07, 6.45) is 1.94. The van der Waals surface area contributed by atoms with Crippen LogP contribution in [0.15, 0.2) is 92.5 Å². The second-order valence-corrected chi connectivity index (χ2v) is 10.9. The predicted molar refractivity (Wildman–Crippen MR) is 152 cm³/mol. The first-order valence-electron chi connectivity index (χ1n) is 11.9. The maximum Gasteiger partial charge on any atom is 0.266 e. The van der Waals surface area contributed by atoms with E-state index in [9.17, 15) is 4.79 Å². The monoisotopic (exact) mass is 535 g/mol. The van der Waals surface area contributed by atoms with E-state index in [1.807, 2.05) is 61.5 Å². The van der Waals surface area contributed by atoms with Gasteiger partial charge in [-0.25, -0.2) is 4.99 Å². The smallest absolute Gasteiger partial charge is 0.266 e. The van der Waals surface area contributed by atoms with Gasteiger partial charge in [-0.1, -0.05) is 35.5 Å². The van der Waals surface area contributed by atoms with Crippen LogP contribution in [0.2, 0.25) is 5.02 Å². The van der Waals surface area contributed by atoms with Gasteiger partial charge < -0.3 is 9.64 Å². The number of amidine groups is 1. The van der Waals surface area contributed by atoms with Crippen LogP contribution in [-0.2, 0) is 9.53 Å². The minimum atomic E-state index is -0.00852. The summed E-state index contributed by atoms with van der Waals surface area (Å²) in [6.45, 7) is 5.86. The highest BCUT2D eigenvalue weighted by Gasteiger charge is 2.32. The minimum Gasteiger partial charge on any atom is -0.378 e. The number of benzene rings is 3. The predicted octanol–water partition coefficient (Wildman–Crippen LogP) is 6.95. The number of hydrogen-bond acceptors (Lipinski definition) is 6. The Hall–Kier alpha value is -2.71. The fourth-order valence-electron chi connectivity index (χ4n) is 3.96. The van der Waals surface area contributed by atoms with Gasteiger partial charge in [-0.2, -0.15) is 0 Å². The molecule has 2 saturated heterocycles. The third kappa shape index (κ3) is 5.98. The van der Waals surface area contributed by atoms with Crippen LogP contribution in [0.5, 0.6) is 0 Å². The number of amides is 1. The zero-order chi connectivity index (χ0) is 24.9. The van der Waals surface area contributed by atoms with Crippen LogP contribution < -0.4 is 4.90 Å². The number of carbonyl (C=O) groups is 1. The first-order chi connectivity index (χ1) is 17.6. The second kappa shape index (κ2) is 11.6. The molecule has 2 heterocycles. The summed E-state index contributed by atoms with van der Waals surface area (Å²) in [4.78, 5) is 24.8. The fourth-order valence-corrected chi connectivity index (χ4v) is 5.97. The van der Waals surface area contributed by atoms with Crippen molar-refractivity contribution in [3.8, 4) is 0 Å². The van der Waals surface area contributed by atoms with Crippen molar-refractivity contribution in [2.45, 2.75) is 16.7 Å². The summed E-state index contributed by atoms with van der Waals surface area (Å²) < 4.78 is 5.44. The Morgan fingerprint density at radius 2 is 1.61 bits per heavy atom. The summed E-state index contributed by atoms with van der Waals surface area (Å²) >= 11 is 9.08. The van der Waals surface area contributed by atoms with E-state index in [0.29, 0.717) is 16.6 Å². The molecule has 0 bridgehead atoms. The minimum absolute atomic E-state index is 0.00852. The summed E-state index contributed by atoms with van der Waals surface area (Å²) in [5.74, 6) is -0.00852. The van der Waals surface area contributed by atoms with Crippen LogP contribution in [0, 0.1) is 0 Å². The van der Waals surface area contributed by atoms with E-state index < -0.39 is 0 Å². The third-order valence-electron chi connectivity index (χ3n) is 5.88. The molecule has 0 aliphatic carbocycles. The molecule has 0 saturated carbocycles. The number of likely N-dealkylation sites (N-methyl/N-ethyl adjacent to an activating group) is 1. The number of carbonyl (C=O) groups excluding carboxylic acids is 1. The Balaban J connectivity index is 1.29. The largest absolute Gasteiger partial charge is 0.378 e. The number of hydrogen-bond donors (Lipinski definition) is 0. The van der Waals surface area contributed by atoms with Crippen molar-refractivity contribution in [1.82, 2.24) is 4.90 Å². The first-order valence-corrected chi connectivity index (χ1v) is 13.9. The van der Waals surface area contributed by atoms with E-state index >= 15 is 0 Å². The molecule has 5 rings (SSSR count). The van der Waals surface area contributed by atoms with E-state index in [1.54, 1.807) is 16.7 Å². The van der Waals surface area contributed by atoms with Gasteiger partial charge in [0.25, 0.3) is 5.91 Å². The molecule has 0 aromatic heterocycles. The van der Waals surface area contributed by atoms with Crippen molar-refractivity contribution in [3.63, 3.8) is 0 Å². The molecule has 8 heteroatoms. The standard InChI is InChI=1S/C28H26ClN3O2S2/c1-2-32-27(33)26(19-20-3-11-24(12-4-20)35-25-13-5-21(29)6-14-25)36-28(32)30-22-7-9-23(10-8-22)31-15-17-34-18-16-31/h3-14,19H,2,15-18H2,1H3/b26-19-,30-28?. The molecular weight excluding hydrogens is 510 g/mol. The van der Waals surface area contributed by atoms with Gasteiger partial charge in [0, 0.05) is 40.1 Å². The lowest BCUT2D eigenvalue weighted by Crippen LogP contribution is -2.36. The zero-order valence-electron chi connectivity index (χ0n) is 19.9. The highest BCUT2D eigenvalue weighted by molar-refractivity contribution is 8.18. The maximum atomic E-state index is 13.1. The number of nitrogens with zero attached hydrogens (tertiary/aromatic N) is 3. The van der Waals surface area contributed by atoms with E-state index in [1.165, 1.54) is 17.4 Å². The van der Waals surface area contributed by atoms with Gasteiger partial charge in [-0.05, 0) is 91.0 Å². The number of rotatable bonds is 6. The lowest BCUT2D eigenvalue weighted by Gasteiger charge is -2.28. The van der Waals surface area contributed by atoms with Crippen LogP contribution in [0.4, 0.5) is 11.4 Å². The van der Waals surface area contributed by atoms with Gasteiger partial charge in [0.15, 0.2) is 5.17 Å². The fraction of sp³-hybridized carbons (Fsp3) is 0.214. The molecule has 3 aromatic rings. The molecular formula is C28H26ClN3O2S2. The zero-order valence-corrected chi connectivity index (χ0v) is 22.3. The van der Waals surface area contributed by atoms with Crippen molar-refractivity contribution >= 4 is 63.7 Å². The second-order valence-electron chi connectivity index (χ2n) is 8.30. The average Bonchev–Trinajstić information content (AvgIpc) is 3.20. The number of aliphatic imine (C=N–C) groups is 1. The van der Waals surface area contributed by atoms with Gasteiger partial charge in [0.1, 0.15) is 0 Å². The van der Waals surface area contributed by atoms with Gasteiger partial charge in [-0.15, -0.1) is 0 Å². The summed E-state index contributed by atoms with van der Waals surface area (Å²) in [7, 11) is 0. The van der Waals surface area contributed by atoms with Crippen molar-refractivity contribution < 1.29 is 9.53 Å². The molecule has 1 amide bonds. The lowest BCUT2D eigenvalue weighted by molar-refractivity contribution is -0.122. The molecule has 0 spiro atoms. The van der Waals surface area contributed by atoms with Crippen LogP contribution >= 0.6 is 35.1 Å². The van der Waals surface area contributed by atoms with E-state index in [-0.39, 0.29) is 5.91 Å². The SMILES string of the molecule is CCN1C(=O)/C(=C/c2ccc(Sc3ccc(Cl)cc3)cc2)SC1=Nc1ccc(N2CCOCC2)cc1. The van der Waals surface area contributed by atoms with Crippen LogP contribution in [0.1, 0.15) is 12.5 Å². The Kier molecular flexibility index (Phi) is 8.02. The number of anilines is 1. The Morgan fingerprint density at radius 1 is 0.972 bits per heavy atom. The molecule has 0 N–H and O–H groups in total. The van der Waals surface area contributed by atoms with Crippen molar-refractivity contribution in [3.05, 3.63) is 88.3 Å². The molecule has 0 radical (unpaired) electrons. The molecule has 5 nitrogen and oxygen atoms in total. The number of morpholine rings is 1. The molecule has 2 aliphatic rings. The van der Waals surface area contributed by atoms with E-state index in [2.05, 4.69) is 29.2 Å². The summed E-state index contributed by atoms with van der Waals surface area (Å²) in [5, 5.41) is 1.44. The molecule has 2 aliphatic heterocycles. The molecule has 0 atom stereocenters. The molecule has 36 heavy (non-hydrogen) atoms. The first kappa shape index (κ1) is 25.0. The topological polar surface area (TPSA) is 45.1 Å². The van der Waals surface area contributed by atoms with Crippen molar-refractivity contribution in [1.29, 1.82) is 0 Å². The van der Waals surface area contributed by atoms with Gasteiger partial charge in [-0.3, -0.25) is 9.69 Å². The van der Waals surface area contributed by atoms with Crippen molar-refractivity contribution in [2.24, 2.45) is 4.99 Å². The maximum absolute atomic E-state index is 13.1. The number of thioether (sulfide) groups is 1. The molecule has 0 unspecified atom stereocenters. The lowest BCUT2D eigenvalue weighted by atomic mass is 10.2. The highest BCUT2D eigenvalue weighted by atomic mass is 35.5. The van der Waals surface area contributed by atoms with Crippen molar-refractivity contribution in [2.75, 3.05) is 37.7 Å². The summed E-state index contributed by atoms with van der Waals surface area (Å²) in [5.41, 5.74) is 2.99. The molecule has 3 aromatic carbocycles. The van der Waals surface area contributed by atoms with Crippen LogP contribution in [0.3, 0.4) is 0 Å². The van der Waals surface area contributed by atoms with Crippen LogP contribution in [-0.4, -0.2) is 48.8 Å². The molecule has 2 fully saturated rings. The Bertz CT molecular complexity index is 1270. The quantitative estimate of drug-likeness (QED) is 0.319. The van der Waals surface area contributed by atoms with E-state index in [0.717, 1.165) is 52.4 Å². The number of ether oxygens (including phenoxy) is 1. The molecule has 184 valence electrons. The van der Waals surface area contributed by atoms with Gasteiger partial charge >= 0.3 is 0 Å². The average molecular weight is 536 g/mol. The highest BCUT2D eigenvalue weighted by Crippen LogP contribution is 2.35. The van der Waals surface area contributed by atoms with Gasteiger partial charge in [0.2, 0.25) is 0 Å². The normalized spacial score (nSPS) is 18.4. The third-order valence-corrected chi connectivity index (χ3v) is 8.16. The van der Waals surface area contributed by atoms with Crippen LogP contribution in [0.25, 0.3) is 6.08 Å². The summed E-state index contributed by atoms with van der Waals surface area (Å²) in [6, 6.07) is 24.2. The van der Waals surface area contributed by atoms with Gasteiger partial charge in [0.05, 0.1) is 23.8 Å². The Labute approximate surface area is 225 Å².